The van der Waals surface area contributed by atoms with Crippen LogP contribution >= 0.6 is 22.7 Å². The van der Waals surface area contributed by atoms with Crippen LogP contribution in [0.5, 0.6) is 5.75 Å². The first-order valence-corrected chi connectivity index (χ1v) is 12.8. The number of carbonyl (C=O) groups excluding carboxylic acids is 3. The predicted octanol–water partition coefficient (Wildman–Crippen LogP) is 4.64. The summed E-state index contributed by atoms with van der Waals surface area (Å²) in [6.45, 7) is 5.52. The van der Waals surface area contributed by atoms with Crippen molar-refractivity contribution < 1.29 is 29.0 Å². The number of hydrogen-bond acceptors (Lipinski definition) is 9. The first kappa shape index (κ1) is 23.3. The molecular weight excluding hydrogens is 488 g/mol. The number of ether oxygens (including phenoxy) is 2. The number of fused-ring (bicyclic) bond motifs is 1. The van der Waals surface area contributed by atoms with Crippen LogP contribution < -0.4 is 9.64 Å². The van der Waals surface area contributed by atoms with Crippen LogP contribution in [0.3, 0.4) is 0 Å². The molecular formula is C25H22N2O6S2. The lowest BCUT2D eigenvalue weighted by atomic mass is 9.98. The van der Waals surface area contributed by atoms with Gasteiger partial charge in [0.05, 0.1) is 17.9 Å². The lowest BCUT2D eigenvalue weighted by Gasteiger charge is -2.21. The summed E-state index contributed by atoms with van der Waals surface area (Å²) in [6.07, 6.45) is 0.717. The number of hydrogen-bond donors (Lipinski definition) is 1. The molecule has 1 N–H and O–H groups in total. The fourth-order valence-electron chi connectivity index (χ4n) is 4.34. The lowest BCUT2D eigenvalue weighted by Crippen LogP contribution is -2.29. The van der Waals surface area contributed by atoms with Crippen molar-refractivity contribution in [3.05, 3.63) is 67.9 Å². The highest BCUT2D eigenvalue weighted by Gasteiger charge is 2.49. The molecule has 10 heteroatoms. The summed E-state index contributed by atoms with van der Waals surface area (Å²) < 4.78 is 10.8. The number of Topliss-reactive ketones (excluding diaryl/α,β-unsaturated/α-hetero) is 1. The first-order valence-electron chi connectivity index (χ1n) is 11.1. The van der Waals surface area contributed by atoms with Crippen molar-refractivity contribution in [2.45, 2.75) is 39.3 Å². The van der Waals surface area contributed by atoms with Crippen LogP contribution in [0.2, 0.25) is 0 Å². The Bertz CT molecular complexity index is 1370. The van der Waals surface area contributed by atoms with Gasteiger partial charge in [0.1, 0.15) is 28.5 Å². The lowest BCUT2D eigenvalue weighted by molar-refractivity contribution is -0.132. The second-order valence-electron chi connectivity index (χ2n) is 8.27. The maximum absolute atomic E-state index is 13.3. The molecule has 2 atom stereocenters. The summed E-state index contributed by atoms with van der Waals surface area (Å²) in [4.78, 5) is 45.5. The molecule has 2 unspecified atom stereocenters. The maximum atomic E-state index is 13.3. The number of aliphatic hydroxyl groups is 1. The largest absolute Gasteiger partial charge is 0.507 e. The molecule has 1 amide bonds. The number of esters is 1. The van der Waals surface area contributed by atoms with E-state index in [1.54, 1.807) is 38.1 Å². The highest BCUT2D eigenvalue weighted by Crippen LogP contribution is 2.45. The van der Waals surface area contributed by atoms with Crippen LogP contribution in [0.25, 0.3) is 5.76 Å². The molecule has 1 saturated heterocycles. The van der Waals surface area contributed by atoms with Crippen molar-refractivity contribution in [3.8, 4) is 5.75 Å². The molecule has 180 valence electrons. The Morgan fingerprint density at radius 2 is 2.11 bits per heavy atom. The van der Waals surface area contributed by atoms with Crippen LogP contribution in [0.15, 0.2) is 41.3 Å². The Hall–Kier alpha value is -3.50. The van der Waals surface area contributed by atoms with Gasteiger partial charge in [0.25, 0.3) is 5.78 Å². The van der Waals surface area contributed by atoms with Crippen molar-refractivity contribution in [3.63, 3.8) is 0 Å². The van der Waals surface area contributed by atoms with Crippen molar-refractivity contribution in [1.29, 1.82) is 0 Å². The van der Waals surface area contributed by atoms with E-state index in [9.17, 15) is 19.5 Å². The van der Waals surface area contributed by atoms with Gasteiger partial charge in [0.2, 0.25) is 0 Å². The van der Waals surface area contributed by atoms with E-state index >= 15 is 0 Å². The Kier molecular flexibility index (Phi) is 5.94. The molecule has 3 aromatic rings. The minimum absolute atomic E-state index is 0.0186. The third-order valence-electron chi connectivity index (χ3n) is 5.88. The minimum Gasteiger partial charge on any atom is -0.507 e. The molecule has 0 aliphatic carbocycles. The third-order valence-corrected chi connectivity index (χ3v) is 7.94. The Morgan fingerprint density at radius 1 is 1.31 bits per heavy atom. The van der Waals surface area contributed by atoms with Gasteiger partial charge in [-0.2, -0.15) is 0 Å². The molecule has 0 radical (unpaired) electrons. The molecule has 5 rings (SSSR count). The molecule has 1 fully saturated rings. The van der Waals surface area contributed by atoms with Crippen LogP contribution in [0, 0.1) is 6.92 Å². The monoisotopic (exact) mass is 510 g/mol. The Morgan fingerprint density at radius 3 is 2.83 bits per heavy atom. The molecule has 2 aliphatic rings. The summed E-state index contributed by atoms with van der Waals surface area (Å²) in [5.74, 6) is -1.67. The number of carbonyl (C=O) groups is 3. The van der Waals surface area contributed by atoms with Crippen molar-refractivity contribution in [2.75, 3.05) is 11.5 Å². The number of benzene rings is 1. The van der Waals surface area contributed by atoms with E-state index in [1.807, 2.05) is 18.4 Å². The SMILES string of the molecule is CCOC(=O)c1sc(N2C(=O)C(=O)/C(=C(/O)c3ccc4c(c3)CC(C)O4)C2c2cccs2)nc1C. The topological polar surface area (TPSA) is 106 Å². The zero-order valence-corrected chi connectivity index (χ0v) is 20.9. The van der Waals surface area contributed by atoms with Gasteiger partial charge in [-0.05, 0) is 56.0 Å². The van der Waals surface area contributed by atoms with Gasteiger partial charge in [0.15, 0.2) is 5.13 Å². The predicted molar refractivity (Wildman–Crippen MR) is 132 cm³/mol. The Labute approximate surface area is 209 Å². The summed E-state index contributed by atoms with van der Waals surface area (Å²) in [5, 5.41) is 13.3. The average Bonchev–Trinajstić information content (AvgIpc) is 3.59. The second kappa shape index (κ2) is 8.94. The molecule has 35 heavy (non-hydrogen) atoms. The van der Waals surface area contributed by atoms with Crippen LogP contribution in [0.1, 0.15) is 51.3 Å². The number of aryl methyl sites for hydroxylation is 1. The molecule has 8 nitrogen and oxygen atoms in total. The van der Waals surface area contributed by atoms with Gasteiger partial charge >= 0.3 is 11.9 Å². The van der Waals surface area contributed by atoms with Crippen molar-refractivity contribution in [2.24, 2.45) is 0 Å². The molecule has 0 bridgehead atoms. The van der Waals surface area contributed by atoms with Crippen molar-refractivity contribution >= 4 is 51.2 Å². The first-order chi connectivity index (χ1) is 16.8. The quantitative estimate of drug-likeness (QED) is 0.231. The van der Waals surface area contributed by atoms with Crippen LogP contribution in [0.4, 0.5) is 5.13 Å². The molecule has 0 saturated carbocycles. The van der Waals surface area contributed by atoms with E-state index < -0.39 is 23.7 Å². The molecule has 1 aromatic carbocycles. The van der Waals surface area contributed by atoms with Gasteiger partial charge in [-0.1, -0.05) is 17.4 Å². The molecule has 2 aromatic heterocycles. The van der Waals surface area contributed by atoms with Crippen molar-refractivity contribution in [1.82, 2.24) is 4.98 Å². The van der Waals surface area contributed by atoms with Crippen LogP contribution in [-0.4, -0.2) is 40.5 Å². The van der Waals surface area contributed by atoms with E-state index in [-0.39, 0.29) is 34.1 Å². The molecule has 0 spiro atoms. The van der Waals surface area contributed by atoms with E-state index in [2.05, 4.69) is 4.98 Å². The number of aliphatic hydroxyl groups excluding tert-OH is 1. The van der Waals surface area contributed by atoms with E-state index in [0.717, 1.165) is 22.6 Å². The standard InChI is InChI=1S/C25H22N2O6S2/c1-4-32-24(31)22-13(3)26-25(35-22)27-19(17-6-5-9-34-17)18(21(29)23(27)30)20(28)14-7-8-16-15(11-14)10-12(2)33-16/h5-9,11-12,19,28H,4,10H2,1-3H3/b20-18+. The highest BCUT2D eigenvalue weighted by molar-refractivity contribution is 7.18. The Balaban J connectivity index is 1.63. The zero-order chi connectivity index (χ0) is 24.9. The van der Waals surface area contributed by atoms with E-state index in [0.29, 0.717) is 22.6 Å². The number of thiophene rings is 1. The third kappa shape index (κ3) is 3.92. The highest BCUT2D eigenvalue weighted by atomic mass is 32.1. The van der Waals surface area contributed by atoms with Crippen LogP contribution in [-0.2, 0) is 20.7 Å². The fourth-order valence-corrected chi connectivity index (χ4v) is 6.15. The van der Waals surface area contributed by atoms with Gasteiger partial charge < -0.3 is 14.6 Å². The zero-order valence-electron chi connectivity index (χ0n) is 19.2. The fraction of sp³-hybridized carbons (Fsp3) is 0.280. The maximum Gasteiger partial charge on any atom is 0.350 e. The summed E-state index contributed by atoms with van der Waals surface area (Å²) in [5.41, 5.74) is 1.75. The van der Waals surface area contributed by atoms with Gasteiger partial charge in [-0.25, -0.2) is 9.78 Å². The normalized spacial score (nSPS) is 20.7. The number of anilines is 1. The van der Waals surface area contributed by atoms with Gasteiger partial charge in [-0.15, -0.1) is 11.3 Å². The number of rotatable bonds is 5. The average molecular weight is 511 g/mol. The van der Waals surface area contributed by atoms with Gasteiger partial charge in [0, 0.05) is 16.9 Å². The van der Waals surface area contributed by atoms with Gasteiger partial charge in [-0.3, -0.25) is 14.5 Å². The number of thiazole rings is 1. The molecule has 4 heterocycles. The summed E-state index contributed by atoms with van der Waals surface area (Å²) in [7, 11) is 0. The number of amides is 1. The summed E-state index contributed by atoms with van der Waals surface area (Å²) in [6, 6.07) is 7.97. The molecule has 2 aliphatic heterocycles. The van der Waals surface area contributed by atoms with E-state index in [1.165, 1.54) is 16.2 Å². The second-order valence-corrected chi connectivity index (χ2v) is 10.2. The minimum atomic E-state index is -0.876. The number of aromatic nitrogens is 1. The smallest absolute Gasteiger partial charge is 0.350 e. The number of ketones is 1. The number of nitrogens with zero attached hydrogens (tertiary/aromatic N) is 2. The van der Waals surface area contributed by atoms with E-state index in [4.69, 9.17) is 9.47 Å². The summed E-state index contributed by atoms with van der Waals surface area (Å²) >= 11 is 2.35.